The number of hydrogen-bond acceptors (Lipinski definition) is 7. The number of amides is 2. The van der Waals surface area contributed by atoms with E-state index >= 15 is 0 Å². The van der Waals surface area contributed by atoms with E-state index in [2.05, 4.69) is 41.8 Å². The highest BCUT2D eigenvalue weighted by Gasteiger charge is 2.43. The number of carbonyl (C=O) groups is 2. The summed E-state index contributed by atoms with van der Waals surface area (Å²) in [5.74, 6) is -0.197. The molecule has 10 heteroatoms. The third kappa shape index (κ3) is 8.52. The molecule has 4 atom stereocenters. The van der Waals surface area contributed by atoms with Gasteiger partial charge in [-0.05, 0) is 95.3 Å². The summed E-state index contributed by atoms with van der Waals surface area (Å²) in [7, 11) is 0. The van der Waals surface area contributed by atoms with Gasteiger partial charge in [0.25, 0.3) is 0 Å². The number of anilines is 1. The largest absolute Gasteiger partial charge is 0.444 e. The van der Waals surface area contributed by atoms with Crippen LogP contribution in [0.25, 0.3) is 0 Å². The molecule has 0 saturated carbocycles. The van der Waals surface area contributed by atoms with Crippen LogP contribution in [0.4, 0.5) is 14.9 Å². The highest BCUT2D eigenvalue weighted by Crippen LogP contribution is 2.44. The van der Waals surface area contributed by atoms with Crippen LogP contribution in [-0.2, 0) is 26.1 Å². The average Bonchev–Trinajstić information content (AvgIpc) is 3.30. The molecule has 2 aromatic carbocycles. The smallest absolute Gasteiger partial charge is 0.410 e. The van der Waals surface area contributed by atoms with Crippen molar-refractivity contribution in [2.75, 3.05) is 63.9 Å². The van der Waals surface area contributed by atoms with Crippen molar-refractivity contribution in [1.82, 2.24) is 14.7 Å². The maximum atomic E-state index is 14.4. The molecular weight excluding hydrogens is 597 g/mol. The lowest BCUT2D eigenvalue weighted by Crippen LogP contribution is -2.64. The molecule has 2 N–H and O–H groups in total. The van der Waals surface area contributed by atoms with E-state index in [-0.39, 0.29) is 47.9 Å². The third-order valence-electron chi connectivity index (χ3n) is 9.94. The molecule has 3 aliphatic heterocycles. The first-order valence-corrected chi connectivity index (χ1v) is 17.2. The monoisotopic (exact) mass is 651 g/mol. The average molecular weight is 652 g/mol. The van der Waals surface area contributed by atoms with Gasteiger partial charge in [0.05, 0.1) is 19.8 Å². The number of rotatable bonds is 9. The second-order valence-electron chi connectivity index (χ2n) is 15.1. The number of hydrogen-bond donors (Lipinski definition) is 1. The number of benzene rings is 2. The summed E-state index contributed by atoms with van der Waals surface area (Å²) in [4.78, 5) is 36.2. The first-order chi connectivity index (χ1) is 22.3. The minimum absolute atomic E-state index is 0.0428. The molecule has 2 saturated heterocycles. The highest BCUT2D eigenvalue weighted by molar-refractivity contribution is 5.97. The zero-order valence-corrected chi connectivity index (χ0v) is 29.1. The maximum absolute atomic E-state index is 14.4. The lowest BCUT2D eigenvalue weighted by molar-refractivity contribution is -0.121. The van der Waals surface area contributed by atoms with Gasteiger partial charge >= 0.3 is 6.09 Å². The third-order valence-corrected chi connectivity index (χ3v) is 9.94. The Kier molecular flexibility index (Phi) is 11.0. The topological polar surface area (TPSA) is 91.6 Å². The number of halogens is 1. The summed E-state index contributed by atoms with van der Waals surface area (Å²) < 4.78 is 25.1. The Hall–Kier alpha value is -3.05. The fourth-order valence-corrected chi connectivity index (χ4v) is 7.32. The Morgan fingerprint density at radius 1 is 1.04 bits per heavy atom. The van der Waals surface area contributed by atoms with Crippen molar-refractivity contribution in [1.29, 1.82) is 0 Å². The first-order valence-electron chi connectivity index (χ1n) is 17.2. The molecule has 5 rings (SSSR count). The van der Waals surface area contributed by atoms with Crippen LogP contribution >= 0.6 is 0 Å². The molecular formula is C37H54FN5O4. The van der Waals surface area contributed by atoms with E-state index in [4.69, 9.17) is 15.2 Å². The minimum atomic E-state index is -0.590. The SMILES string of the molecule is CC1COCCN1C[C@H]1CN(C(=O)OC(C)(C)C)C(C)CN1CC(=O)N1CC(C)(CCCN)c2ccc(Cc3ccc(F)cc3)cc21. The van der Waals surface area contributed by atoms with Crippen LogP contribution in [0.15, 0.2) is 42.5 Å². The number of piperazine rings is 1. The van der Waals surface area contributed by atoms with Gasteiger partial charge in [-0.3, -0.25) is 14.6 Å². The van der Waals surface area contributed by atoms with Crippen molar-refractivity contribution in [2.45, 2.75) is 89.9 Å². The normalized spacial score (nSPS) is 25.6. The van der Waals surface area contributed by atoms with Crippen LogP contribution in [0.1, 0.15) is 71.1 Å². The van der Waals surface area contributed by atoms with E-state index in [9.17, 15) is 14.0 Å². The fourth-order valence-electron chi connectivity index (χ4n) is 7.32. The lowest BCUT2D eigenvalue weighted by atomic mass is 9.80. The molecule has 0 aliphatic carbocycles. The molecule has 47 heavy (non-hydrogen) atoms. The van der Waals surface area contributed by atoms with Gasteiger partial charge in [-0.2, -0.15) is 0 Å². The van der Waals surface area contributed by atoms with Crippen LogP contribution in [0.3, 0.4) is 0 Å². The molecule has 0 radical (unpaired) electrons. The second kappa shape index (κ2) is 14.6. The molecule has 2 fully saturated rings. The quantitative estimate of drug-likeness (QED) is 0.417. The van der Waals surface area contributed by atoms with Crippen LogP contribution < -0.4 is 10.6 Å². The zero-order valence-electron chi connectivity index (χ0n) is 29.1. The van der Waals surface area contributed by atoms with Crippen LogP contribution in [0, 0.1) is 5.82 Å². The molecule has 258 valence electrons. The number of carbonyl (C=O) groups excluding carboxylic acids is 2. The summed E-state index contributed by atoms with van der Waals surface area (Å²) in [6, 6.07) is 13.1. The van der Waals surface area contributed by atoms with Crippen molar-refractivity contribution in [2.24, 2.45) is 5.73 Å². The van der Waals surface area contributed by atoms with E-state index in [1.807, 2.05) is 49.6 Å². The van der Waals surface area contributed by atoms with Crippen molar-refractivity contribution in [3.8, 4) is 0 Å². The summed E-state index contributed by atoms with van der Waals surface area (Å²) in [6.45, 7) is 17.5. The van der Waals surface area contributed by atoms with Crippen LogP contribution in [0.2, 0.25) is 0 Å². The van der Waals surface area contributed by atoms with E-state index < -0.39 is 5.60 Å². The molecule has 0 aromatic heterocycles. The Bertz CT molecular complexity index is 1400. The maximum Gasteiger partial charge on any atom is 0.410 e. The molecule has 2 amide bonds. The highest BCUT2D eigenvalue weighted by atomic mass is 19.1. The Morgan fingerprint density at radius 3 is 2.45 bits per heavy atom. The molecule has 9 nitrogen and oxygen atoms in total. The van der Waals surface area contributed by atoms with Crippen molar-refractivity contribution >= 4 is 17.7 Å². The van der Waals surface area contributed by atoms with Gasteiger partial charge in [0.2, 0.25) is 5.91 Å². The zero-order chi connectivity index (χ0) is 33.9. The van der Waals surface area contributed by atoms with Crippen LogP contribution in [-0.4, -0.2) is 109 Å². The van der Waals surface area contributed by atoms with Crippen molar-refractivity contribution in [3.63, 3.8) is 0 Å². The number of morpholine rings is 1. The number of ether oxygens (including phenoxy) is 2. The fraction of sp³-hybridized carbons (Fsp3) is 0.622. The summed E-state index contributed by atoms with van der Waals surface area (Å²) in [6.07, 6.45) is 2.10. The van der Waals surface area contributed by atoms with Crippen molar-refractivity contribution < 1.29 is 23.5 Å². The number of fused-ring (bicyclic) bond motifs is 1. The molecule has 3 aliphatic rings. The number of nitrogens with two attached hydrogens (primary N) is 1. The molecule has 0 bridgehead atoms. The Labute approximate surface area is 280 Å². The van der Waals surface area contributed by atoms with E-state index in [0.29, 0.717) is 45.8 Å². The molecule has 3 heterocycles. The van der Waals surface area contributed by atoms with Gasteiger partial charge in [0.1, 0.15) is 11.4 Å². The van der Waals surface area contributed by atoms with Gasteiger partial charge in [-0.25, -0.2) is 9.18 Å². The molecule has 2 aromatic rings. The van der Waals surface area contributed by atoms with Crippen LogP contribution in [0.5, 0.6) is 0 Å². The first kappa shape index (κ1) is 35.3. The van der Waals surface area contributed by atoms with Gasteiger partial charge in [0, 0.05) is 62.0 Å². The minimum Gasteiger partial charge on any atom is -0.444 e. The van der Waals surface area contributed by atoms with E-state index in [0.717, 1.165) is 42.7 Å². The molecule has 0 spiro atoms. The summed E-state index contributed by atoms with van der Waals surface area (Å²) in [5.41, 5.74) is 9.37. The van der Waals surface area contributed by atoms with Gasteiger partial charge in [-0.1, -0.05) is 31.2 Å². The van der Waals surface area contributed by atoms with E-state index in [1.54, 1.807) is 0 Å². The Balaban J connectivity index is 1.39. The molecule has 3 unspecified atom stereocenters. The van der Waals surface area contributed by atoms with Gasteiger partial charge in [0.15, 0.2) is 0 Å². The second-order valence-corrected chi connectivity index (χ2v) is 15.1. The summed E-state index contributed by atoms with van der Waals surface area (Å²) >= 11 is 0. The Morgan fingerprint density at radius 2 is 1.77 bits per heavy atom. The standard InChI is InChI=1S/C37H54FN5O4/c1-26-20-41(31(21-40-16-17-46-24-27(40)2)22-42(26)35(45)47-36(3,4)5)23-34(44)43-25-37(6,14-7-15-39)32-13-10-29(19-33(32)43)18-28-8-11-30(38)12-9-28/h8-13,19,26-27,31H,7,14-18,20-25,39H2,1-6H3/t26?,27?,31-,37?/m0/s1. The predicted octanol–water partition coefficient (Wildman–Crippen LogP) is 4.79. The van der Waals surface area contributed by atoms with E-state index in [1.165, 1.54) is 17.7 Å². The number of nitrogens with zero attached hydrogens (tertiary/aromatic N) is 4. The van der Waals surface area contributed by atoms with Crippen molar-refractivity contribution in [3.05, 3.63) is 65.0 Å². The summed E-state index contributed by atoms with van der Waals surface area (Å²) in [5, 5.41) is 0. The van der Waals surface area contributed by atoms with Gasteiger partial charge < -0.3 is 25.0 Å². The van der Waals surface area contributed by atoms with Gasteiger partial charge in [-0.15, -0.1) is 0 Å². The predicted molar refractivity (Wildman–Crippen MR) is 183 cm³/mol. The lowest BCUT2D eigenvalue weighted by Gasteiger charge is -2.47.